The molecule has 6 heteroatoms. The van der Waals surface area contributed by atoms with Crippen LogP contribution in [0.3, 0.4) is 0 Å². The Morgan fingerprint density at radius 3 is 3.05 bits per heavy atom. The summed E-state index contributed by atoms with van der Waals surface area (Å²) in [7, 11) is 3.00. The van der Waals surface area contributed by atoms with Gasteiger partial charge < -0.3 is 4.74 Å². The van der Waals surface area contributed by atoms with Crippen LogP contribution in [-0.4, -0.2) is 32.4 Å². The predicted molar refractivity (Wildman–Crippen MR) is 66.1 cm³/mol. The molecule has 102 valence electrons. The molecule has 0 aromatic heterocycles. The smallest absolute Gasteiger partial charge is 0.323 e. The fourth-order valence-corrected chi connectivity index (χ4v) is 2.75. The van der Waals surface area contributed by atoms with Gasteiger partial charge in [-0.15, -0.1) is 0 Å². The van der Waals surface area contributed by atoms with Gasteiger partial charge in [0.1, 0.15) is 6.04 Å². The molecule has 0 amide bonds. The van der Waals surface area contributed by atoms with Gasteiger partial charge in [0.05, 0.1) is 12.8 Å². The van der Waals surface area contributed by atoms with Crippen LogP contribution < -0.4 is 10.4 Å². The summed E-state index contributed by atoms with van der Waals surface area (Å²) in [5.74, 6) is -0.477. The van der Waals surface area contributed by atoms with Crippen molar-refractivity contribution in [1.29, 1.82) is 0 Å². The molecule has 2 aliphatic rings. The molecule has 0 saturated carbocycles. The highest BCUT2D eigenvalue weighted by Gasteiger charge is 2.56. The lowest BCUT2D eigenvalue weighted by Crippen LogP contribution is -2.49. The zero-order valence-corrected chi connectivity index (χ0v) is 10.7. The van der Waals surface area contributed by atoms with Gasteiger partial charge in [-0.3, -0.25) is 20.0 Å². The molecule has 5 nitrogen and oxygen atoms in total. The highest BCUT2D eigenvalue weighted by atomic mass is 19.1. The lowest BCUT2D eigenvalue weighted by atomic mass is 9.89. The average Bonchev–Trinajstić information content (AvgIpc) is 2.77. The van der Waals surface area contributed by atoms with Crippen LogP contribution in [0.25, 0.3) is 0 Å². The van der Waals surface area contributed by atoms with Crippen LogP contribution in [-0.2, 0) is 20.0 Å². The van der Waals surface area contributed by atoms with Crippen molar-refractivity contribution in [2.75, 3.05) is 19.2 Å². The molecular formula is C13H15FN2O3. The number of esters is 1. The summed E-state index contributed by atoms with van der Waals surface area (Å²) in [5, 5.41) is 4.36. The zero-order chi connectivity index (χ0) is 13.6. The lowest BCUT2D eigenvalue weighted by molar-refractivity contribution is -0.143. The second-order valence-electron chi connectivity index (χ2n) is 4.81. The van der Waals surface area contributed by atoms with E-state index < -0.39 is 23.9 Å². The first-order valence-corrected chi connectivity index (χ1v) is 6.09. The van der Waals surface area contributed by atoms with Gasteiger partial charge in [0.2, 0.25) is 0 Å². The molecule has 1 saturated heterocycles. The minimum absolute atomic E-state index is 0.00912. The zero-order valence-electron chi connectivity index (χ0n) is 10.7. The van der Waals surface area contributed by atoms with Gasteiger partial charge in [0, 0.05) is 19.0 Å². The summed E-state index contributed by atoms with van der Waals surface area (Å²) in [6.45, 7) is 0. The number of halogens is 1. The van der Waals surface area contributed by atoms with Crippen LogP contribution >= 0.6 is 0 Å². The van der Waals surface area contributed by atoms with E-state index in [4.69, 9.17) is 4.84 Å². The molecule has 1 aromatic carbocycles. The Labute approximate surface area is 110 Å². The molecular weight excluding hydrogens is 251 g/mol. The van der Waals surface area contributed by atoms with E-state index in [9.17, 15) is 4.79 Å². The number of para-hydroxylation sites is 1. The monoisotopic (exact) mass is 266 g/mol. The standard InChI is InChI=1S/C13H15FN2O3/c1-16-10-6-4-3-5-8(10)13(14)7-9(11(17)18-2)15-12(13)19-16/h3-6,9,12,15H,7H2,1-2H3/t9-,12+,13+/m0/s1. The van der Waals surface area contributed by atoms with Gasteiger partial charge in [-0.1, -0.05) is 18.2 Å². The second-order valence-corrected chi connectivity index (χ2v) is 4.81. The first kappa shape index (κ1) is 12.4. The van der Waals surface area contributed by atoms with E-state index in [0.29, 0.717) is 11.3 Å². The number of anilines is 1. The van der Waals surface area contributed by atoms with Crippen molar-refractivity contribution in [3.8, 4) is 0 Å². The van der Waals surface area contributed by atoms with E-state index >= 15 is 4.39 Å². The van der Waals surface area contributed by atoms with E-state index in [1.807, 2.05) is 6.07 Å². The van der Waals surface area contributed by atoms with Gasteiger partial charge in [0.15, 0.2) is 11.9 Å². The number of alkyl halides is 1. The topological polar surface area (TPSA) is 50.8 Å². The summed E-state index contributed by atoms with van der Waals surface area (Å²) in [4.78, 5) is 17.1. The molecule has 3 atom stereocenters. The van der Waals surface area contributed by atoms with Crippen molar-refractivity contribution in [1.82, 2.24) is 5.32 Å². The fourth-order valence-electron chi connectivity index (χ4n) is 2.75. The van der Waals surface area contributed by atoms with Crippen molar-refractivity contribution in [2.45, 2.75) is 24.4 Å². The van der Waals surface area contributed by atoms with E-state index in [1.54, 1.807) is 25.2 Å². The van der Waals surface area contributed by atoms with E-state index in [2.05, 4.69) is 10.1 Å². The minimum Gasteiger partial charge on any atom is -0.468 e. The molecule has 0 radical (unpaired) electrons. The quantitative estimate of drug-likeness (QED) is 0.771. The molecule has 3 rings (SSSR count). The third kappa shape index (κ3) is 1.71. The first-order valence-electron chi connectivity index (χ1n) is 6.09. The number of nitrogens with zero attached hydrogens (tertiary/aromatic N) is 1. The van der Waals surface area contributed by atoms with Gasteiger partial charge >= 0.3 is 5.97 Å². The number of methoxy groups -OCH3 is 1. The van der Waals surface area contributed by atoms with E-state index in [1.165, 1.54) is 12.2 Å². The molecule has 0 unspecified atom stereocenters. The van der Waals surface area contributed by atoms with Crippen molar-refractivity contribution in [3.05, 3.63) is 29.8 Å². The first-order chi connectivity index (χ1) is 9.06. The number of carbonyl (C=O) groups is 1. The Kier molecular flexibility index (Phi) is 2.72. The highest BCUT2D eigenvalue weighted by molar-refractivity contribution is 5.77. The van der Waals surface area contributed by atoms with Crippen LogP contribution in [0.5, 0.6) is 0 Å². The second kappa shape index (κ2) is 4.18. The highest BCUT2D eigenvalue weighted by Crippen LogP contribution is 2.47. The largest absolute Gasteiger partial charge is 0.468 e. The Bertz CT molecular complexity index is 524. The number of benzene rings is 1. The van der Waals surface area contributed by atoms with Crippen molar-refractivity contribution >= 4 is 11.7 Å². The van der Waals surface area contributed by atoms with E-state index in [0.717, 1.165) is 0 Å². The summed E-state index contributed by atoms with van der Waals surface area (Å²) in [6, 6.07) is 6.42. The summed E-state index contributed by atoms with van der Waals surface area (Å²) in [6.07, 6.45) is -0.869. The fraction of sp³-hybridized carbons (Fsp3) is 0.462. The maximum atomic E-state index is 15.2. The van der Waals surface area contributed by atoms with Crippen molar-refractivity contribution < 1.29 is 18.8 Å². The van der Waals surface area contributed by atoms with Crippen LogP contribution in [0.1, 0.15) is 12.0 Å². The average molecular weight is 266 g/mol. The maximum Gasteiger partial charge on any atom is 0.323 e. The normalized spacial score (nSPS) is 32.7. The number of rotatable bonds is 1. The summed E-state index contributed by atoms with van der Waals surface area (Å²) < 4.78 is 19.9. The maximum absolute atomic E-state index is 15.2. The molecule has 1 aromatic rings. The Balaban J connectivity index is 2.01. The number of ether oxygens (including phenoxy) is 1. The van der Waals surface area contributed by atoms with Crippen LogP contribution in [0.4, 0.5) is 10.1 Å². The molecule has 2 aliphatic heterocycles. The Morgan fingerprint density at radius 2 is 2.32 bits per heavy atom. The molecule has 1 N–H and O–H groups in total. The minimum atomic E-state index is -1.72. The number of hydrogen-bond acceptors (Lipinski definition) is 5. The number of hydrogen-bond donors (Lipinski definition) is 1. The molecule has 19 heavy (non-hydrogen) atoms. The molecule has 0 bridgehead atoms. The van der Waals surface area contributed by atoms with Crippen molar-refractivity contribution in [2.24, 2.45) is 0 Å². The predicted octanol–water partition coefficient (Wildman–Crippen LogP) is 1.09. The number of fused-ring (bicyclic) bond motifs is 3. The molecule has 2 heterocycles. The van der Waals surface area contributed by atoms with Gasteiger partial charge in [-0.25, -0.2) is 4.39 Å². The van der Waals surface area contributed by atoms with Gasteiger partial charge in [-0.2, -0.15) is 0 Å². The SMILES string of the molecule is COC(=O)[C@@H]1C[C@@]2(F)c3ccccc3N(C)O[C@H]2N1. The molecule has 0 spiro atoms. The third-order valence-corrected chi connectivity index (χ3v) is 3.71. The Morgan fingerprint density at radius 1 is 1.58 bits per heavy atom. The van der Waals surface area contributed by atoms with Crippen LogP contribution in [0.15, 0.2) is 24.3 Å². The number of nitrogens with one attached hydrogen (secondary N) is 1. The summed E-state index contributed by atoms with van der Waals surface area (Å²) in [5.41, 5.74) is -0.511. The Hall–Kier alpha value is -1.66. The lowest BCUT2D eigenvalue weighted by Gasteiger charge is -2.38. The van der Waals surface area contributed by atoms with Crippen molar-refractivity contribution in [3.63, 3.8) is 0 Å². The number of hydroxylamine groups is 1. The molecule has 1 fully saturated rings. The van der Waals surface area contributed by atoms with Crippen LogP contribution in [0, 0.1) is 0 Å². The van der Waals surface area contributed by atoms with Gasteiger partial charge in [0.25, 0.3) is 0 Å². The number of carbonyl (C=O) groups excluding carboxylic acids is 1. The van der Waals surface area contributed by atoms with Crippen LogP contribution in [0.2, 0.25) is 0 Å². The summed E-state index contributed by atoms with van der Waals surface area (Å²) >= 11 is 0. The van der Waals surface area contributed by atoms with Gasteiger partial charge in [-0.05, 0) is 6.07 Å². The molecule has 0 aliphatic carbocycles. The van der Waals surface area contributed by atoms with E-state index in [-0.39, 0.29) is 6.42 Å². The third-order valence-electron chi connectivity index (χ3n) is 3.71.